The highest BCUT2D eigenvalue weighted by molar-refractivity contribution is 7.18. The molecule has 1 N–H and O–H groups in total. The summed E-state index contributed by atoms with van der Waals surface area (Å²) in [5.41, 5.74) is 2.34. The van der Waals surface area contributed by atoms with E-state index in [0.29, 0.717) is 12.1 Å². The van der Waals surface area contributed by atoms with Gasteiger partial charge in [-0.2, -0.15) is 5.10 Å². The highest BCUT2D eigenvalue weighted by atomic mass is 32.1. The van der Waals surface area contributed by atoms with Gasteiger partial charge in [0, 0.05) is 43.9 Å². The molecule has 0 unspecified atom stereocenters. The molecule has 0 radical (unpaired) electrons. The second-order valence-electron chi connectivity index (χ2n) is 6.52. The Bertz CT molecular complexity index is 758. The maximum absolute atomic E-state index is 4.73. The Kier molecular flexibility index (Phi) is 5.28. The second-order valence-corrected chi connectivity index (χ2v) is 7.63. The van der Waals surface area contributed by atoms with Gasteiger partial charge in [0.05, 0.1) is 21.4 Å². The fourth-order valence-electron chi connectivity index (χ4n) is 2.86. The summed E-state index contributed by atoms with van der Waals surface area (Å²) in [7, 11) is 6.18. The normalized spacial score (nSPS) is 14.4. The third-order valence-corrected chi connectivity index (χ3v) is 5.27. The number of nitrogens with one attached hydrogen (secondary N) is 1. The number of aryl methyl sites for hydroxylation is 1. The molecule has 0 amide bonds. The van der Waals surface area contributed by atoms with E-state index in [-0.39, 0.29) is 0 Å². The van der Waals surface area contributed by atoms with Crippen LogP contribution in [0.4, 0.5) is 0 Å². The number of rotatable bonds is 7. The molecule has 0 saturated heterocycles. The van der Waals surface area contributed by atoms with Gasteiger partial charge in [0.2, 0.25) is 0 Å². The lowest BCUT2D eigenvalue weighted by Gasteiger charge is -2.25. The van der Waals surface area contributed by atoms with Crippen molar-refractivity contribution in [1.82, 2.24) is 25.0 Å². The van der Waals surface area contributed by atoms with E-state index in [1.54, 1.807) is 11.3 Å². The van der Waals surface area contributed by atoms with Crippen molar-refractivity contribution in [2.24, 2.45) is 7.05 Å². The Morgan fingerprint density at radius 3 is 2.75 bits per heavy atom. The second kappa shape index (κ2) is 7.42. The first-order valence-corrected chi connectivity index (χ1v) is 9.07. The zero-order valence-corrected chi connectivity index (χ0v) is 15.5. The Labute approximate surface area is 147 Å². The minimum absolute atomic E-state index is 0.316. The minimum Gasteiger partial charge on any atom is -0.312 e. The van der Waals surface area contributed by atoms with Crippen molar-refractivity contribution in [3.05, 3.63) is 47.2 Å². The first-order valence-electron chi connectivity index (χ1n) is 8.25. The van der Waals surface area contributed by atoms with Crippen LogP contribution in [-0.4, -0.2) is 46.3 Å². The van der Waals surface area contributed by atoms with E-state index >= 15 is 0 Å². The molecule has 6 heteroatoms. The molecule has 3 rings (SSSR count). The van der Waals surface area contributed by atoms with Crippen LogP contribution in [0.1, 0.15) is 23.5 Å². The minimum atomic E-state index is 0.316. The molecule has 3 aromatic rings. The highest BCUT2D eigenvalue weighted by Crippen LogP contribution is 2.23. The SMILES string of the molecule is C[C@@H](Cc1nc2ccccc2s1)NC[C@@H](c1cnn(C)c1)N(C)C. The van der Waals surface area contributed by atoms with E-state index in [0.717, 1.165) is 18.5 Å². The fourth-order valence-corrected chi connectivity index (χ4v) is 3.96. The monoisotopic (exact) mass is 343 g/mol. The molecule has 2 heterocycles. The number of nitrogens with zero attached hydrogens (tertiary/aromatic N) is 4. The number of thiazole rings is 1. The van der Waals surface area contributed by atoms with Gasteiger partial charge < -0.3 is 10.2 Å². The van der Waals surface area contributed by atoms with Crippen molar-refractivity contribution >= 4 is 21.6 Å². The number of likely N-dealkylation sites (N-methyl/N-ethyl adjacent to an activating group) is 1. The van der Waals surface area contributed by atoms with Gasteiger partial charge in [-0.1, -0.05) is 12.1 Å². The Hall–Kier alpha value is -1.76. The number of hydrogen-bond donors (Lipinski definition) is 1. The molecule has 2 atom stereocenters. The van der Waals surface area contributed by atoms with Crippen LogP contribution in [0.2, 0.25) is 0 Å². The topological polar surface area (TPSA) is 46.0 Å². The molecule has 0 fully saturated rings. The maximum atomic E-state index is 4.73. The summed E-state index contributed by atoms with van der Waals surface area (Å²) in [5, 5.41) is 9.14. The molecule has 2 aromatic heterocycles. The quantitative estimate of drug-likeness (QED) is 0.716. The van der Waals surface area contributed by atoms with E-state index in [2.05, 4.69) is 60.7 Å². The number of para-hydroxylation sites is 1. The van der Waals surface area contributed by atoms with Gasteiger partial charge in [-0.15, -0.1) is 11.3 Å². The van der Waals surface area contributed by atoms with E-state index < -0.39 is 0 Å². The molecule has 128 valence electrons. The van der Waals surface area contributed by atoms with E-state index in [9.17, 15) is 0 Å². The van der Waals surface area contributed by atoms with Gasteiger partial charge >= 0.3 is 0 Å². The van der Waals surface area contributed by atoms with Crippen molar-refractivity contribution in [2.75, 3.05) is 20.6 Å². The van der Waals surface area contributed by atoms with Crippen LogP contribution in [0.25, 0.3) is 10.2 Å². The Balaban J connectivity index is 1.60. The smallest absolute Gasteiger partial charge is 0.0954 e. The summed E-state index contributed by atoms with van der Waals surface area (Å²) in [5.74, 6) is 0. The number of benzene rings is 1. The number of hydrogen-bond acceptors (Lipinski definition) is 5. The average Bonchev–Trinajstić information content (AvgIpc) is 3.12. The predicted octanol–water partition coefficient (Wildman–Crippen LogP) is 2.85. The number of aromatic nitrogens is 3. The van der Waals surface area contributed by atoms with Gasteiger partial charge in [-0.3, -0.25) is 4.68 Å². The molecular weight excluding hydrogens is 318 g/mol. The largest absolute Gasteiger partial charge is 0.312 e. The molecular formula is C18H25N5S. The Morgan fingerprint density at radius 2 is 2.08 bits per heavy atom. The predicted molar refractivity (Wildman–Crippen MR) is 100 cm³/mol. The molecule has 0 bridgehead atoms. The van der Waals surface area contributed by atoms with Crippen molar-refractivity contribution in [3.63, 3.8) is 0 Å². The zero-order valence-electron chi connectivity index (χ0n) is 14.7. The molecule has 5 nitrogen and oxygen atoms in total. The van der Waals surface area contributed by atoms with Gasteiger partial charge in [-0.05, 0) is 33.2 Å². The lowest BCUT2D eigenvalue weighted by Crippen LogP contribution is -2.36. The Morgan fingerprint density at radius 1 is 1.29 bits per heavy atom. The zero-order chi connectivity index (χ0) is 17.1. The van der Waals surface area contributed by atoms with E-state index in [1.165, 1.54) is 15.3 Å². The third-order valence-electron chi connectivity index (χ3n) is 4.21. The van der Waals surface area contributed by atoms with Crippen LogP contribution in [0, 0.1) is 0 Å². The molecule has 0 aliphatic rings. The van der Waals surface area contributed by atoms with Crippen LogP contribution in [-0.2, 0) is 13.5 Å². The van der Waals surface area contributed by atoms with Gasteiger partial charge in [0.15, 0.2) is 0 Å². The maximum Gasteiger partial charge on any atom is 0.0954 e. The summed E-state index contributed by atoms with van der Waals surface area (Å²) in [6, 6.07) is 9.03. The van der Waals surface area contributed by atoms with Crippen molar-refractivity contribution in [1.29, 1.82) is 0 Å². The molecule has 24 heavy (non-hydrogen) atoms. The molecule has 0 aliphatic heterocycles. The van der Waals surface area contributed by atoms with Gasteiger partial charge in [0.1, 0.15) is 0 Å². The number of fused-ring (bicyclic) bond motifs is 1. The standard InChI is InChI=1S/C18H25N5S/c1-13(9-18-21-15-7-5-6-8-17(15)24-18)19-11-16(22(2)3)14-10-20-23(4)12-14/h5-8,10,12-13,16,19H,9,11H2,1-4H3/t13-,16-/m0/s1. The first kappa shape index (κ1) is 17.1. The highest BCUT2D eigenvalue weighted by Gasteiger charge is 2.17. The fraction of sp³-hybridized carbons (Fsp3) is 0.444. The summed E-state index contributed by atoms with van der Waals surface area (Å²) < 4.78 is 3.12. The van der Waals surface area contributed by atoms with Crippen molar-refractivity contribution in [2.45, 2.75) is 25.4 Å². The molecule has 0 spiro atoms. The van der Waals surface area contributed by atoms with Crippen molar-refractivity contribution in [3.8, 4) is 0 Å². The lowest BCUT2D eigenvalue weighted by atomic mass is 10.1. The van der Waals surface area contributed by atoms with Crippen LogP contribution < -0.4 is 5.32 Å². The summed E-state index contributed by atoms with van der Waals surface area (Å²) >= 11 is 1.79. The third kappa shape index (κ3) is 4.01. The summed E-state index contributed by atoms with van der Waals surface area (Å²) in [4.78, 5) is 6.96. The van der Waals surface area contributed by atoms with Crippen molar-refractivity contribution < 1.29 is 0 Å². The molecule has 0 saturated carbocycles. The average molecular weight is 344 g/mol. The van der Waals surface area contributed by atoms with E-state index in [1.807, 2.05) is 24.0 Å². The molecule has 1 aromatic carbocycles. The first-order chi connectivity index (χ1) is 11.5. The summed E-state index contributed by atoms with van der Waals surface area (Å²) in [6.45, 7) is 3.12. The van der Waals surface area contributed by atoms with Crippen LogP contribution in [0.5, 0.6) is 0 Å². The van der Waals surface area contributed by atoms with Gasteiger partial charge in [-0.25, -0.2) is 4.98 Å². The van der Waals surface area contributed by atoms with Crippen LogP contribution in [0.15, 0.2) is 36.7 Å². The summed E-state index contributed by atoms with van der Waals surface area (Å²) in [6.07, 6.45) is 4.99. The lowest BCUT2D eigenvalue weighted by molar-refractivity contribution is 0.281. The van der Waals surface area contributed by atoms with E-state index in [4.69, 9.17) is 4.98 Å². The van der Waals surface area contributed by atoms with Crippen LogP contribution >= 0.6 is 11.3 Å². The van der Waals surface area contributed by atoms with Gasteiger partial charge in [0.25, 0.3) is 0 Å². The molecule has 0 aliphatic carbocycles. The van der Waals surface area contributed by atoms with Crippen LogP contribution in [0.3, 0.4) is 0 Å².